The van der Waals surface area contributed by atoms with E-state index in [-0.39, 0.29) is 5.92 Å². The number of rotatable bonds is 5. The van der Waals surface area contributed by atoms with Gasteiger partial charge in [0.25, 0.3) is 0 Å². The van der Waals surface area contributed by atoms with Gasteiger partial charge >= 0.3 is 0 Å². The summed E-state index contributed by atoms with van der Waals surface area (Å²) in [5.41, 5.74) is 10.4. The molecule has 3 N–H and O–H groups in total. The van der Waals surface area contributed by atoms with Crippen LogP contribution in [0.3, 0.4) is 0 Å². The van der Waals surface area contributed by atoms with E-state index in [4.69, 9.17) is 5.73 Å². The lowest BCUT2D eigenvalue weighted by molar-refractivity contribution is 0.147. The third kappa shape index (κ3) is 3.52. The third-order valence-corrected chi connectivity index (χ3v) is 4.17. The third-order valence-electron chi connectivity index (χ3n) is 4.17. The highest BCUT2D eigenvalue weighted by molar-refractivity contribution is 5.34. The van der Waals surface area contributed by atoms with Gasteiger partial charge in [-0.3, -0.25) is 0 Å². The summed E-state index contributed by atoms with van der Waals surface area (Å²) in [5.74, 6) is 0.425. The Morgan fingerprint density at radius 3 is 2.05 bits per heavy atom. The normalized spacial score (nSPS) is 14.2. The molecule has 0 saturated heterocycles. The van der Waals surface area contributed by atoms with Gasteiger partial charge in [-0.1, -0.05) is 62.4 Å². The number of aryl methyl sites for hydroxylation is 1. The van der Waals surface area contributed by atoms with Gasteiger partial charge in [-0.15, -0.1) is 0 Å². The van der Waals surface area contributed by atoms with E-state index >= 15 is 0 Å². The van der Waals surface area contributed by atoms with Crippen molar-refractivity contribution in [3.63, 3.8) is 0 Å². The van der Waals surface area contributed by atoms with Crippen LogP contribution in [0.5, 0.6) is 0 Å². The Morgan fingerprint density at radius 1 is 0.952 bits per heavy atom. The molecule has 0 aliphatic rings. The molecule has 21 heavy (non-hydrogen) atoms. The summed E-state index contributed by atoms with van der Waals surface area (Å²) in [6.07, 6.45) is -0.572. The van der Waals surface area contributed by atoms with Crippen molar-refractivity contribution in [2.45, 2.75) is 38.7 Å². The van der Waals surface area contributed by atoms with Gasteiger partial charge in [-0.05, 0) is 35.1 Å². The van der Waals surface area contributed by atoms with Crippen LogP contribution in [0, 0.1) is 6.92 Å². The molecule has 0 aromatic heterocycles. The monoisotopic (exact) mass is 283 g/mol. The first-order valence-corrected chi connectivity index (χ1v) is 7.58. The number of aliphatic hydroxyl groups is 1. The van der Waals surface area contributed by atoms with Crippen molar-refractivity contribution in [1.29, 1.82) is 0 Å². The van der Waals surface area contributed by atoms with Gasteiger partial charge in [0.1, 0.15) is 0 Å². The topological polar surface area (TPSA) is 46.2 Å². The highest BCUT2D eigenvalue weighted by Crippen LogP contribution is 2.32. The summed E-state index contributed by atoms with van der Waals surface area (Å²) in [5, 5.41) is 10.7. The minimum absolute atomic E-state index is 0.0731. The van der Waals surface area contributed by atoms with Gasteiger partial charge in [0.05, 0.1) is 6.10 Å². The Labute approximate surface area is 127 Å². The van der Waals surface area contributed by atoms with Gasteiger partial charge in [-0.2, -0.15) is 0 Å². The van der Waals surface area contributed by atoms with Gasteiger partial charge in [0, 0.05) is 12.5 Å². The van der Waals surface area contributed by atoms with Crippen LogP contribution < -0.4 is 5.73 Å². The quantitative estimate of drug-likeness (QED) is 0.874. The van der Waals surface area contributed by atoms with E-state index in [0.717, 1.165) is 11.1 Å². The molecule has 0 bridgehead atoms. The summed E-state index contributed by atoms with van der Waals surface area (Å²) < 4.78 is 0. The number of benzene rings is 2. The van der Waals surface area contributed by atoms with Gasteiger partial charge in [0.15, 0.2) is 0 Å². The first-order chi connectivity index (χ1) is 10.0. The summed E-state index contributed by atoms with van der Waals surface area (Å²) in [4.78, 5) is 0. The van der Waals surface area contributed by atoms with E-state index in [0.29, 0.717) is 12.5 Å². The van der Waals surface area contributed by atoms with Crippen molar-refractivity contribution in [3.8, 4) is 0 Å². The molecular formula is C19H25NO. The Morgan fingerprint density at radius 2 is 1.52 bits per heavy atom. The van der Waals surface area contributed by atoms with E-state index in [2.05, 4.69) is 45.0 Å². The zero-order valence-electron chi connectivity index (χ0n) is 13.1. The lowest BCUT2D eigenvalue weighted by Crippen LogP contribution is -2.21. The number of hydrogen-bond donors (Lipinski definition) is 2. The largest absolute Gasteiger partial charge is 0.388 e. The lowest BCUT2D eigenvalue weighted by Gasteiger charge is -2.24. The van der Waals surface area contributed by atoms with Crippen LogP contribution in [0.4, 0.5) is 0 Å². The van der Waals surface area contributed by atoms with E-state index in [9.17, 15) is 5.11 Å². The fourth-order valence-electron chi connectivity index (χ4n) is 2.74. The number of aliphatic hydroxyl groups excluding tert-OH is 1. The molecule has 0 saturated carbocycles. The molecule has 2 unspecified atom stereocenters. The molecule has 2 atom stereocenters. The summed E-state index contributed by atoms with van der Waals surface area (Å²) in [7, 11) is 0. The molecule has 0 amide bonds. The van der Waals surface area contributed by atoms with E-state index in [1.165, 1.54) is 11.1 Å². The first-order valence-electron chi connectivity index (χ1n) is 7.58. The molecule has 2 heteroatoms. The molecule has 2 nitrogen and oxygen atoms in total. The van der Waals surface area contributed by atoms with Gasteiger partial charge < -0.3 is 10.8 Å². The molecule has 112 valence electrons. The smallest absolute Gasteiger partial charge is 0.0870 e. The van der Waals surface area contributed by atoms with E-state index < -0.39 is 6.10 Å². The fourth-order valence-corrected chi connectivity index (χ4v) is 2.74. The highest BCUT2D eigenvalue weighted by Gasteiger charge is 2.22. The van der Waals surface area contributed by atoms with Crippen molar-refractivity contribution in [1.82, 2.24) is 0 Å². The standard InChI is InChI=1S/C19H25NO/c1-13(2)15-8-10-16(11-9-15)19(21)18(12-20)17-7-5-4-6-14(17)3/h4-11,13,18-19,21H,12,20H2,1-3H3. The molecule has 0 heterocycles. The van der Waals surface area contributed by atoms with Gasteiger partial charge in [-0.25, -0.2) is 0 Å². The molecule has 2 aromatic rings. The van der Waals surface area contributed by atoms with Crippen LogP contribution in [-0.2, 0) is 0 Å². The molecule has 2 aromatic carbocycles. The fraction of sp³-hybridized carbons (Fsp3) is 0.368. The summed E-state index contributed by atoms with van der Waals surface area (Å²) in [6, 6.07) is 16.3. The van der Waals surface area contributed by atoms with Crippen molar-refractivity contribution in [2.75, 3.05) is 6.54 Å². The van der Waals surface area contributed by atoms with Crippen LogP contribution >= 0.6 is 0 Å². The minimum atomic E-state index is -0.572. The highest BCUT2D eigenvalue weighted by atomic mass is 16.3. The van der Waals surface area contributed by atoms with E-state index in [1.54, 1.807) is 0 Å². The zero-order chi connectivity index (χ0) is 15.4. The van der Waals surface area contributed by atoms with Crippen LogP contribution in [0.2, 0.25) is 0 Å². The average molecular weight is 283 g/mol. The Balaban J connectivity index is 2.28. The molecule has 0 fully saturated rings. The molecule has 2 rings (SSSR count). The van der Waals surface area contributed by atoms with Crippen LogP contribution in [0.25, 0.3) is 0 Å². The predicted molar refractivity (Wildman–Crippen MR) is 88.5 cm³/mol. The van der Waals surface area contributed by atoms with Crippen molar-refractivity contribution >= 4 is 0 Å². The molecule has 0 spiro atoms. The van der Waals surface area contributed by atoms with Crippen LogP contribution in [-0.4, -0.2) is 11.7 Å². The summed E-state index contributed by atoms with van der Waals surface area (Å²) in [6.45, 7) is 6.83. The average Bonchev–Trinajstić information content (AvgIpc) is 2.50. The Bertz CT molecular complexity index is 574. The number of hydrogen-bond acceptors (Lipinski definition) is 2. The maximum atomic E-state index is 10.7. The second-order valence-electron chi connectivity index (χ2n) is 5.96. The lowest BCUT2D eigenvalue weighted by atomic mass is 9.86. The SMILES string of the molecule is Cc1ccccc1C(CN)C(O)c1ccc(C(C)C)cc1. The summed E-state index contributed by atoms with van der Waals surface area (Å²) >= 11 is 0. The molecule has 0 aliphatic carbocycles. The van der Waals surface area contributed by atoms with Crippen molar-refractivity contribution in [3.05, 3.63) is 70.8 Å². The van der Waals surface area contributed by atoms with Crippen LogP contribution in [0.1, 0.15) is 54.0 Å². The Hall–Kier alpha value is -1.64. The van der Waals surface area contributed by atoms with Crippen LogP contribution in [0.15, 0.2) is 48.5 Å². The van der Waals surface area contributed by atoms with Gasteiger partial charge in [0.2, 0.25) is 0 Å². The first kappa shape index (κ1) is 15.7. The Kier molecular flexibility index (Phi) is 5.16. The maximum absolute atomic E-state index is 10.7. The molecule has 0 aliphatic heterocycles. The maximum Gasteiger partial charge on any atom is 0.0870 e. The minimum Gasteiger partial charge on any atom is -0.388 e. The second-order valence-corrected chi connectivity index (χ2v) is 5.96. The molecular weight excluding hydrogens is 258 g/mol. The van der Waals surface area contributed by atoms with Crippen molar-refractivity contribution in [2.24, 2.45) is 5.73 Å². The number of nitrogens with two attached hydrogens (primary N) is 1. The predicted octanol–water partition coefficient (Wildman–Crippen LogP) is 3.89. The van der Waals surface area contributed by atoms with E-state index in [1.807, 2.05) is 24.3 Å². The zero-order valence-corrected chi connectivity index (χ0v) is 13.1. The molecule has 0 radical (unpaired) electrons. The van der Waals surface area contributed by atoms with Crippen molar-refractivity contribution < 1.29 is 5.11 Å². The second kappa shape index (κ2) is 6.88.